The summed E-state index contributed by atoms with van der Waals surface area (Å²) in [5.74, 6) is -1.21. The van der Waals surface area contributed by atoms with Crippen molar-refractivity contribution in [3.8, 4) is 0 Å². The zero-order valence-corrected chi connectivity index (χ0v) is 19.6. The van der Waals surface area contributed by atoms with E-state index in [0.717, 1.165) is 17.7 Å². The molecule has 0 unspecified atom stereocenters. The van der Waals surface area contributed by atoms with E-state index in [-0.39, 0.29) is 29.1 Å². The van der Waals surface area contributed by atoms with Gasteiger partial charge in [-0.15, -0.1) is 0 Å². The Morgan fingerprint density at radius 2 is 1.88 bits per heavy atom. The largest absolute Gasteiger partial charge is 0.326 e. The number of hydrogen-bond donors (Lipinski definition) is 1. The number of benzene rings is 2. The molecular weight excluding hydrogens is 445 g/mol. The number of amides is 2. The van der Waals surface area contributed by atoms with Crippen LogP contribution in [0.25, 0.3) is 0 Å². The second-order valence-corrected chi connectivity index (χ2v) is 10.7. The number of anilines is 2. The lowest BCUT2D eigenvalue weighted by atomic mass is 9.98. The van der Waals surface area contributed by atoms with Gasteiger partial charge in [0.15, 0.2) is 0 Å². The second-order valence-electron chi connectivity index (χ2n) is 8.72. The van der Waals surface area contributed by atoms with Crippen molar-refractivity contribution in [2.75, 3.05) is 29.9 Å². The molecule has 0 spiro atoms. The number of carbonyl (C=O) groups is 2. The summed E-state index contributed by atoms with van der Waals surface area (Å²) < 4.78 is 41.5. The molecule has 176 valence electrons. The van der Waals surface area contributed by atoms with Crippen LogP contribution in [0.1, 0.15) is 37.3 Å². The lowest BCUT2D eigenvalue weighted by Gasteiger charge is -2.32. The molecule has 0 aliphatic carbocycles. The van der Waals surface area contributed by atoms with Gasteiger partial charge in [0.05, 0.1) is 10.8 Å². The average Bonchev–Trinajstić information content (AvgIpc) is 2.80. The quantitative estimate of drug-likeness (QED) is 0.737. The first-order valence-electron chi connectivity index (χ1n) is 11.1. The molecule has 4 rings (SSSR count). The summed E-state index contributed by atoms with van der Waals surface area (Å²) in [4.78, 5) is 26.6. The minimum absolute atomic E-state index is 0.0622. The van der Waals surface area contributed by atoms with Crippen LogP contribution in [0, 0.1) is 18.7 Å². The van der Waals surface area contributed by atoms with Crippen LogP contribution < -0.4 is 10.2 Å². The van der Waals surface area contributed by atoms with E-state index in [2.05, 4.69) is 5.32 Å². The topological polar surface area (TPSA) is 86.8 Å². The summed E-state index contributed by atoms with van der Waals surface area (Å²) in [5.41, 5.74) is 2.73. The van der Waals surface area contributed by atoms with E-state index in [1.807, 2.05) is 0 Å². The lowest BCUT2D eigenvalue weighted by Crippen LogP contribution is -2.43. The molecule has 2 aromatic rings. The SMILES string of the molecule is CC(=O)N1CCCc2cc(S(=O)(=O)N3CCC[C@H](C(=O)Nc4ccc(F)cc4C)C3)ccc21. The molecule has 2 aromatic carbocycles. The predicted molar refractivity (Wildman–Crippen MR) is 124 cm³/mol. The number of fused-ring (bicyclic) bond motifs is 1. The van der Waals surface area contributed by atoms with Crippen LogP contribution in [-0.4, -0.2) is 44.2 Å². The number of aryl methyl sites for hydroxylation is 2. The van der Waals surface area contributed by atoms with Crippen molar-refractivity contribution >= 4 is 33.2 Å². The fourth-order valence-corrected chi connectivity index (χ4v) is 6.16. The van der Waals surface area contributed by atoms with Crippen LogP contribution >= 0.6 is 0 Å². The highest BCUT2D eigenvalue weighted by Gasteiger charge is 2.34. The highest BCUT2D eigenvalue weighted by atomic mass is 32.2. The van der Waals surface area contributed by atoms with Crippen molar-refractivity contribution in [1.82, 2.24) is 4.31 Å². The Morgan fingerprint density at radius 1 is 1.09 bits per heavy atom. The van der Waals surface area contributed by atoms with Gasteiger partial charge in [-0.3, -0.25) is 9.59 Å². The molecule has 0 bridgehead atoms. The summed E-state index contributed by atoms with van der Waals surface area (Å²) in [5, 5.41) is 2.81. The standard InChI is InChI=1S/C24H28FN3O4S/c1-16-13-20(25)7-9-22(16)26-24(30)19-6-3-11-27(15-19)33(31,32)21-8-10-23-18(14-21)5-4-12-28(23)17(2)29/h7-10,13-14,19H,3-6,11-12,15H2,1-2H3,(H,26,30)/t19-/m0/s1. The van der Waals surface area contributed by atoms with Crippen LogP contribution in [-0.2, 0) is 26.0 Å². The third-order valence-corrected chi connectivity index (χ3v) is 8.25. The van der Waals surface area contributed by atoms with Gasteiger partial charge in [0.2, 0.25) is 21.8 Å². The number of hydrogen-bond acceptors (Lipinski definition) is 4. The molecule has 0 radical (unpaired) electrons. The van der Waals surface area contributed by atoms with E-state index >= 15 is 0 Å². The van der Waals surface area contributed by atoms with Gasteiger partial charge in [0, 0.05) is 37.9 Å². The summed E-state index contributed by atoms with van der Waals surface area (Å²) in [7, 11) is -3.79. The van der Waals surface area contributed by atoms with Crippen molar-refractivity contribution in [3.05, 3.63) is 53.3 Å². The van der Waals surface area contributed by atoms with Crippen LogP contribution in [0.15, 0.2) is 41.3 Å². The smallest absolute Gasteiger partial charge is 0.243 e. The fourth-order valence-electron chi connectivity index (χ4n) is 4.59. The molecule has 1 atom stereocenters. The minimum Gasteiger partial charge on any atom is -0.326 e. The van der Waals surface area contributed by atoms with Gasteiger partial charge in [-0.2, -0.15) is 4.31 Å². The first-order valence-corrected chi connectivity index (χ1v) is 12.6. The molecule has 2 aliphatic rings. The highest BCUT2D eigenvalue weighted by Crippen LogP contribution is 2.32. The average molecular weight is 474 g/mol. The van der Waals surface area contributed by atoms with Crippen molar-refractivity contribution < 1.29 is 22.4 Å². The van der Waals surface area contributed by atoms with E-state index in [1.54, 1.807) is 30.0 Å². The van der Waals surface area contributed by atoms with E-state index in [1.165, 1.54) is 29.4 Å². The van der Waals surface area contributed by atoms with E-state index in [4.69, 9.17) is 0 Å². The Morgan fingerprint density at radius 3 is 2.61 bits per heavy atom. The van der Waals surface area contributed by atoms with Gasteiger partial charge in [-0.25, -0.2) is 12.8 Å². The number of nitrogens with zero attached hydrogens (tertiary/aromatic N) is 2. The molecule has 9 heteroatoms. The van der Waals surface area contributed by atoms with Gasteiger partial charge in [0.1, 0.15) is 5.82 Å². The van der Waals surface area contributed by atoms with Crippen LogP contribution in [0.5, 0.6) is 0 Å². The molecule has 0 saturated carbocycles. The van der Waals surface area contributed by atoms with E-state index < -0.39 is 15.9 Å². The van der Waals surface area contributed by atoms with Gasteiger partial charge in [-0.05, 0) is 80.1 Å². The van der Waals surface area contributed by atoms with Crippen molar-refractivity contribution in [1.29, 1.82) is 0 Å². The molecule has 7 nitrogen and oxygen atoms in total. The molecule has 1 fully saturated rings. The molecule has 2 amide bonds. The first kappa shape index (κ1) is 23.4. The van der Waals surface area contributed by atoms with Gasteiger partial charge in [-0.1, -0.05) is 0 Å². The molecule has 2 aliphatic heterocycles. The first-order chi connectivity index (χ1) is 15.7. The van der Waals surface area contributed by atoms with Crippen molar-refractivity contribution in [2.45, 2.75) is 44.4 Å². The summed E-state index contributed by atoms with van der Waals surface area (Å²) >= 11 is 0. The third kappa shape index (κ3) is 4.79. The molecule has 1 saturated heterocycles. The third-order valence-electron chi connectivity index (χ3n) is 6.39. The van der Waals surface area contributed by atoms with Crippen molar-refractivity contribution in [2.24, 2.45) is 5.92 Å². The zero-order valence-electron chi connectivity index (χ0n) is 18.8. The van der Waals surface area contributed by atoms with Gasteiger partial charge in [0.25, 0.3) is 0 Å². The van der Waals surface area contributed by atoms with Crippen LogP contribution in [0.2, 0.25) is 0 Å². The van der Waals surface area contributed by atoms with Gasteiger partial charge < -0.3 is 10.2 Å². The molecule has 0 aromatic heterocycles. The number of sulfonamides is 1. The molecule has 33 heavy (non-hydrogen) atoms. The fraction of sp³-hybridized carbons (Fsp3) is 0.417. The Balaban J connectivity index is 1.51. The van der Waals surface area contributed by atoms with Crippen LogP contribution in [0.4, 0.5) is 15.8 Å². The highest BCUT2D eigenvalue weighted by molar-refractivity contribution is 7.89. The van der Waals surface area contributed by atoms with Crippen molar-refractivity contribution in [3.63, 3.8) is 0 Å². The maximum absolute atomic E-state index is 13.4. The van der Waals surface area contributed by atoms with E-state index in [9.17, 15) is 22.4 Å². The Kier molecular flexibility index (Phi) is 6.54. The van der Waals surface area contributed by atoms with Crippen LogP contribution in [0.3, 0.4) is 0 Å². The Labute approximate surface area is 193 Å². The summed E-state index contributed by atoms with van der Waals surface area (Å²) in [6, 6.07) is 9.04. The summed E-state index contributed by atoms with van der Waals surface area (Å²) in [6.07, 6.45) is 2.65. The monoisotopic (exact) mass is 473 g/mol. The normalized spacial score (nSPS) is 19.1. The maximum Gasteiger partial charge on any atom is 0.243 e. The number of nitrogens with one attached hydrogen (secondary N) is 1. The number of piperidine rings is 1. The number of carbonyl (C=O) groups excluding carboxylic acids is 2. The van der Waals surface area contributed by atoms with E-state index in [0.29, 0.717) is 43.6 Å². The predicted octanol–water partition coefficient (Wildman–Crippen LogP) is 3.47. The summed E-state index contributed by atoms with van der Waals surface area (Å²) in [6.45, 7) is 4.28. The second kappa shape index (κ2) is 9.23. The number of rotatable bonds is 4. The molecule has 1 N–H and O–H groups in total. The molecule has 2 heterocycles. The minimum atomic E-state index is -3.79. The van der Waals surface area contributed by atoms with Gasteiger partial charge >= 0.3 is 0 Å². The number of halogens is 1. The Hall–Kier alpha value is -2.78. The zero-order chi connectivity index (χ0) is 23.8. The lowest BCUT2D eigenvalue weighted by molar-refractivity contribution is -0.121. The maximum atomic E-state index is 13.4. The molecular formula is C24H28FN3O4S. The Bertz CT molecular complexity index is 1200.